The van der Waals surface area contributed by atoms with Crippen LogP contribution in [0, 0.1) is 6.92 Å². The molecule has 90 valence electrons. The summed E-state index contributed by atoms with van der Waals surface area (Å²) in [6.45, 7) is 9.32. The maximum atomic E-state index is 5.55. The van der Waals surface area contributed by atoms with E-state index in [1.807, 2.05) is 6.92 Å². The molecule has 1 aliphatic heterocycles. The first-order valence-electron chi connectivity index (χ1n) is 6.01. The maximum Gasteiger partial charge on any atom is 0.203 e. The molecule has 1 aliphatic rings. The fourth-order valence-electron chi connectivity index (χ4n) is 2.10. The SMILES string of the molecule is Cc1cn(C(C)C)c(NC2CCOC2C)n1. The third kappa shape index (κ3) is 2.21. The summed E-state index contributed by atoms with van der Waals surface area (Å²) in [5.74, 6) is 0.967. The van der Waals surface area contributed by atoms with Crippen LogP contribution in [0.2, 0.25) is 0 Å². The number of hydrogen-bond acceptors (Lipinski definition) is 3. The zero-order valence-electron chi connectivity index (χ0n) is 10.5. The molecule has 0 saturated carbocycles. The van der Waals surface area contributed by atoms with E-state index in [0.717, 1.165) is 24.7 Å². The molecule has 2 unspecified atom stereocenters. The molecule has 1 fully saturated rings. The summed E-state index contributed by atoms with van der Waals surface area (Å²) in [5.41, 5.74) is 1.06. The van der Waals surface area contributed by atoms with E-state index in [0.29, 0.717) is 12.1 Å². The predicted molar refractivity (Wildman–Crippen MR) is 64.8 cm³/mol. The van der Waals surface area contributed by atoms with Gasteiger partial charge in [-0.1, -0.05) is 0 Å². The molecule has 0 amide bonds. The first-order chi connectivity index (χ1) is 7.58. The third-order valence-electron chi connectivity index (χ3n) is 3.10. The van der Waals surface area contributed by atoms with Crippen LogP contribution in [-0.2, 0) is 4.74 Å². The predicted octanol–water partition coefficient (Wildman–Crippen LogP) is 2.36. The highest BCUT2D eigenvalue weighted by atomic mass is 16.5. The van der Waals surface area contributed by atoms with E-state index < -0.39 is 0 Å². The molecule has 0 bridgehead atoms. The largest absolute Gasteiger partial charge is 0.376 e. The van der Waals surface area contributed by atoms with Gasteiger partial charge < -0.3 is 14.6 Å². The standard InChI is InChI=1S/C12H21N3O/c1-8(2)15-7-9(3)13-12(15)14-11-5-6-16-10(11)4/h7-8,10-11H,5-6H2,1-4H3,(H,13,14). The molecule has 16 heavy (non-hydrogen) atoms. The highest BCUT2D eigenvalue weighted by Crippen LogP contribution is 2.21. The minimum absolute atomic E-state index is 0.276. The van der Waals surface area contributed by atoms with Crippen molar-refractivity contribution in [2.45, 2.75) is 52.3 Å². The Bertz CT molecular complexity index is 359. The summed E-state index contributed by atoms with van der Waals surface area (Å²) in [6, 6.07) is 0.820. The summed E-state index contributed by atoms with van der Waals surface area (Å²) >= 11 is 0. The molecule has 1 N–H and O–H groups in total. The monoisotopic (exact) mass is 223 g/mol. The summed E-state index contributed by atoms with van der Waals surface area (Å²) < 4.78 is 7.73. The first kappa shape index (κ1) is 11.5. The second kappa shape index (κ2) is 4.45. The normalized spacial score (nSPS) is 25.3. The maximum absolute atomic E-state index is 5.55. The molecule has 2 atom stereocenters. The molecule has 0 radical (unpaired) electrons. The van der Waals surface area contributed by atoms with E-state index in [9.17, 15) is 0 Å². The molecule has 1 aromatic heterocycles. The average molecular weight is 223 g/mol. The van der Waals surface area contributed by atoms with Crippen molar-refractivity contribution in [3.63, 3.8) is 0 Å². The van der Waals surface area contributed by atoms with Gasteiger partial charge in [0.25, 0.3) is 0 Å². The Hall–Kier alpha value is -1.03. The number of aryl methyl sites for hydroxylation is 1. The van der Waals surface area contributed by atoms with E-state index in [1.54, 1.807) is 0 Å². The first-order valence-corrected chi connectivity index (χ1v) is 6.01. The van der Waals surface area contributed by atoms with Crippen molar-refractivity contribution in [3.05, 3.63) is 11.9 Å². The van der Waals surface area contributed by atoms with Gasteiger partial charge in [0.15, 0.2) is 0 Å². The van der Waals surface area contributed by atoms with E-state index in [-0.39, 0.29) is 6.10 Å². The zero-order valence-corrected chi connectivity index (χ0v) is 10.5. The molecule has 2 heterocycles. The summed E-state index contributed by atoms with van der Waals surface area (Å²) in [4.78, 5) is 4.53. The van der Waals surface area contributed by atoms with Crippen molar-refractivity contribution < 1.29 is 4.74 Å². The Morgan fingerprint density at radius 2 is 2.31 bits per heavy atom. The molecule has 0 aromatic carbocycles. The average Bonchev–Trinajstić information content (AvgIpc) is 2.75. The van der Waals surface area contributed by atoms with Crippen molar-refractivity contribution in [2.24, 2.45) is 0 Å². The van der Waals surface area contributed by atoms with Gasteiger partial charge in [-0.2, -0.15) is 0 Å². The summed E-state index contributed by atoms with van der Waals surface area (Å²) in [5, 5.41) is 3.49. The Morgan fingerprint density at radius 1 is 1.56 bits per heavy atom. The Morgan fingerprint density at radius 3 is 2.88 bits per heavy atom. The van der Waals surface area contributed by atoms with Crippen LogP contribution in [0.25, 0.3) is 0 Å². The molecule has 0 spiro atoms. The topological polar surface area (TPSA) is 39.1 Å². The summed E-state index contributed by atoms with van der Waals surface area (Å²) in [7, 11) is 0. The zero-order chi connectivity index (χ0) is 11.7. The van der Waals surface area contributed by atoms with Crippen LogP contribution in [0.5, 0.6) is 0 Å². The van der Waals surface area contributed by atoms with Gasteiger partial charge in [0.1, 0.15) is 0 Å². The lowest BCUT2D eigenvalue weighted by molar-refractivity contribution is 0.121. The van der Waals surface area contributed by atoms with Gasteiger partial charge in [-0.15, -0.1) is 0 Å². The third-order valence-corrected chi connectivity index (χ3v) is 3.10. The van der Waals surface area contributed by atoms with Crippen LogP contribution < -0.4 is 5.32 Å². The van der Waals surface area contributed by atoms with Crippen molar-refractivity contribution >= 4 is 5.95 Å². The minimum atomic E-state index is 0.276. The lowest BCUT2D eigenvalue weighted by Crippen LogP contribution is -2.28. The van der Waals surface area contributed by atoms with E-state index in [1.165, 1.54) is 0 Å². The van der Waals surface area contributed by atoms with Crippen molar-refractivity contribution in [3.8, 4) is 0 Å². The molecule has 1 saturated heterocycles. The van der Waals surface area contributed by atoms with E-state index in [2.05, 4.69) is 41.8 Å². The smallest absolute Gasteiger partial charge is 0.203 e. The van der Waals surface area contributed by atoms with Crippen LogP contribution >= 0.6 is 0 Å². The molecule has 4 nitrogen and oxygen atoms in total. The number of anilines is 1. The number of nitrogens with zero attached hydrogens (tertiary/aromatic N) is 2. The van der Waals surface area contributed by atoms with Crippen LogP contribution in [0.1, 0.15) is 38.9 Å². The molecule has 2 rings (SSSR count). The van der Waals surface area contributed by atoms with Crippen LogP contribution in [0.3, 0.4) is 0 Å². The van der Waals surface area contributed by atoms with Crippen molar-refractivity contribution in [1.82, 2.24) is 9.55 Å². The lowest BCUT2D eigenvalue weighted by atomic mass is 10.2. The molecule has 1 aromatic rings. The number of rotatable bonds is 3. The quantitative estimate of drug-likeness (QED) is 0.855. The fourth-order valence-corrected chi connectivity index (χ4v) is 2.10. The second-order valence-corrected chi connectivity index (χ2v) is 4.82. The van der Waals surface area contributed by atoms with Crippen LogP contribution in [-0.4, -0.2) is 28.3 Å². The molecular weight excluding hydrogens is 202 g/mol. The highest BCUT2D eigenvalue weighted by molar-refractivity contribution is 5.31. The fraction of sp³-hybridized carbons (Fsp3) is 0.750. The number of nitrogens with one attached hydrogen (secondary N) is 1. The van der Waals surface area contributed by atoms with Gasteiger partial charge in [-0.25, -0.2) is 4.98 Å². The molecule has 4 heteroatoms. The number of ether oxygens (including phenoxy) is 1. The number of imidazole rings is 1. The van der Waals surface area contributed by atoms with Crippen molar-refractivity contribution in [1.29, 1.82) is 0 Å². The molecular formula is C12H21N3O. The van der Waals surface area contributed by atoms with Crippen LogP contribution in [0.4, 0.5) is 5.95 Å². The highest BCUT2D eigenvalue weighted by Gasteiger charge is 2.25. The number of hydrogen-bond donors (Lipinski definition) is 1. The Balaban J connectivity index is 2.14. The van der Waals surface area contributed by atoms with Crippen LogP contribution in [0.15, 0.2) is 6.20 Å². The number of aromatic nitrogens is 2. The van der Waals surface area contributed by atoms with Gasteiger partial charge in [-0.3, -0.25) is 0 Å². The second-order valence-electron chi connectivity index (χ2n) is 4.82. The minimum Gasteiger partial charge on any atom is -0.376 e. The Labute approximate surface area is 97.0 Å². The van der Waals surface area contributed by atoms with Gasteiger partial charge in [0, 0.05) is 18.8 Å². The van der Waals surface area contributed by atoms with Gasteiger partial charge in [0.05, 0.1) is 17.8 Å². The lowest BCUT2D eigenvalue weighted by Gasteiger charge is -2.19. The van der Waals surface area contributed by atoms with Gasteiger partial charge >= 0.3 is 0 Å². The Kier molecular flexibility index (Phi) is 3.19. The molecule has 0 aliphatic carbocycles. The van der Waals surface area contributed by atoms with E-state index in [4.69, 9.17) is 4.74 Å². The van der Waals surface area contributed by atoms with Crippen molar-refractivity contribution in [2.75, 3.05) is 11.9 Å². The van der Waals surface area contributed by atoms with Gasteiger partial charge in [0.2, 0.25) is 5.95 Å². The van der Waals surface area contributed by atoms with E-state index >= 15 is 0 Å². The van der Waals surface area contributed by atoms with Gasteiger partial charge in [-0.05, 0) is 34.1 Å². The summed E-state index contributed by atoms with van der Waals surface area (Å²) in [6.07, 6.45) is 3.43.